The Balaban J connectivity index is 1.63. The van der Waals surface area contributed by atoms with Crippen molar-refractivity contribution >= 4 is 34.0 Å². The van der Waals surface area contributed by atoms with Gasteiger partial charge in [-0.1, -0.05) is 37.3 Å². The van der Waals surface area contributed by atoms with Crippen molar-refractivity contribution in [3.63, 3.8) is 0 Å². The Morgan fingerprint density at radius 2 is 2.04 bits per heavy atom. The summed E-state index contributed by atoms with van der Waals surface area (Å²) in [4.78, 5) is 26.4. The van der Waals surface area contributed by atoms with Crippen LogP contribution in [-0.4, -0.2) is 28.6 Å². The van der Waals surface area contributed by atoms with Gasteiger partial charge in [-0.2, -0.15) is 0 Å². The first-order valence-corrected chi connectivity index (χ1v) is 9.45. The largest absolute Gasteiger partial charge is 0.312 e. The quantitative estimate of drug-likeness (QED) is 0.861. The van der Waals surface area contributed by atoms with Crippen LogP contribution in [0.4, 0.5) is 10.8 Å². The van der Waals surface area contributed by atoms with Gasteiger partial charge in [0.1, 0.15) is 5.01 Å². The Hall–Kier alpha value is -2.28. The van der Waals surface area contributed by atoms with Crippen molar-refractivity contribution in [1.29, 1.82) is 0 Å². The van der Waals surface area contributed by atoms with Crippen LogP contribution in [0.2, 0.25) is 0 Å². The molecule has 2 heterocycles. The first kappa shape index (κ1) is 17.5. The van der Waals surface area contributed by atoms with E-state index in [-0.39, 0.29) is 24.2 Å². The average molecular weight is 358 g/mol. The highest BCUT2D eigenvalue weighted by Crippen LogP contribution is 2.27. The van der Waals surface area contributed by atoms with Crippen LogP contribution in [-0.2, 0) is 22.4 Å². The molecule has 1 atom stereocenters. The van der Waals surface area contributed by atoms with Crippen LogP contribution in [0.15, 0.2) is 24.3 Å². The summed E-state index contributed by atoms with van der Waals surface area (Å²) >= 11 is 1.39. The second-order valence-electron chi connectivity index (χ2n) is 6.17. The van der Waals surface area contributed by atoms with Gasteiger partial charge in [-0.05, 0) is 30.5 Å². The van der Waals surface area contributed by atoms with E-state index in [1.54, 1.807) is 4.90 Å². The van der Waals surface area contributed by atoms with Gasteiger partial charge in [0, 0.05) is 25.1 Å². The van der Waals surface area contributed by atoms with Crippen molar-refractivity contribution in [1.82, 2.24) is 10.2 Å². The SMILES string of the molecule is CCCc1nnc(NC(=O)C2CC(=O)N(c3ccc(CC)cc3)C2)s1. The van der Waals surface area contributed by atoms with Crippen molar-refractivity contribution in [3.8, 4) is 0 Å². The monoisotopic (exact) mass is 358 g/mol. The van der Waals surface area contributed by atoms with E-state index in [2.05, 4.69) is 29.4 Å². The molecular weight excluding hydrogens is 336 g/mol. The predicted octanol–water partition coefficient (Wildman–Crippen LogP) is 3.04. The Morgan fingerprint density at radius 1 is 1.28 bits per heavy atom. The van der Waals surface area contributed by atoms with Crippen molar-refractivity contribution in [3.05, 3.63) is 34.8 Å². The van der Waals surface area contributed by atoms with Crippen LogP contribution >= 0.6 is 11.3 Å². The lowest BCUT2D eigenvalue weighted by Crippen LogP contribution is -2.28. The Kier molecular flexibility index (Phi) is 5.43. The number of carbonyl (C=O) groups is 2. The smallest absolute Gasteiger partial charge is 0.231 e. The summed E-state index contributed by atoms with van der Waals surface area (Å²) in [5, 5.41) is 12.3. The molecule has 1 aromatic carbocycles. The lowest BCUT2D eigenvalue weighted by atomic mass is 10.1. The molecule has 1 aliphatic heterocycles. The van der Waals surface area contributed by atoms with Crippen LogP contribution in [0, 0.1) is 5.92 Å². The first-order chi connectivity index (χ1) is 12.1. The molecule has 6 nitrogen and oxygen atoms in total. The molecule has 1 saturated heterocycles. The number of carbonyl (C=O) groups excluding carboxylic acids is 2. The second kappa shape index (κ2) is 7.74. The number of aryl methyl sites for hydroxylation is 2. The van der Waals surface area contributed by atoms with Crippen LogP contribution in [0.1, 0.15) is 37.3 Å². The number of nitrogens with one attached hydrogen (secondary N) is 1. The number of amides is 2. The van der Waals surface area contributed by atoms with Crippen LogP contribution in [0.3, 0.4) is 0 Å². The maximum absolute atomic E-state index is 12.5. The van der Waals surface area contributed by atoms with E-state index in [4.69, 9.17) is 0 Å². The summed E-state index contributed by atoms with van der Waals surface area (Å²) < 4.78 is 0. The molecule has 0 saturated carbocycles. The van der Waals surface area contributed by atoms with Gasteiger partial charge in [0.2, 0.25) is 16.9 Å². The van der Waals surface area contributed by atoms with E-state index < -0.39 is 0 Å². The molecule has 0 aliphatic carbocycles. The predicted molar refractivity (Wildman–Crippen MR) is 98.8 cm³/mol. The maximum Gasteiger partial charge on any atom is 0.231 e. The van der Waals surface area contributed by atoms with Gasteiger partial charge in [0.15, 0.2) is 0 Å². The molecule has 2 aromatic rings. The van der Waals surface area contributed by atoms with Gasteiger partial charge in [0.25, 0.3) is 0 Å². The van der Waals surface area contributed by atoms with Gasteiger partial charge in [-0.25, -0.2) is 0 Å². The molecule has 1 unspecified atom stereocenters. The standard InChI is InChI=1S/C18H22N4O2S/c1-3-5-15-20-21-18(25-15)19-17(24)13-10-16(23)22(11-13)14-8-6-12(4-2)7-9-14/h6-9,13H,3-5,10-11H2,1-2H3,(H,19,21,24). The minimum Gasteiger partial charge on any atom is -0.312 e. The summed E-state index contributed by atoms with van der Waals surface area (Å²) in [6.45, 7) is 4.57. The van der Waals surface area contributed by atoms with Crippen LogP contribution in [0.5, 0.6) is 0 Å². The Morgan fingerprint density at radius 3 is 2.72 bits per heavy atom. The number of anilines is 2. The van der Waals surface area contributed by atoms with Crippen molar-refractivity contribution in [2.45, 2.75) is 39.5 Å². The van der Waals surface area contributed by atoms with Crippen molar-refractivity contribution in [2.24, 2.45) is 5.92 Å². The molecule has 1 aromatic heterocycles. The zero-order valence-electron chi connectivity index (χ0n) is 14.5. The molecule has 0 bridgehead atoms. The molecular formula is C18H22N4O2S. The molecule has 132 valence electrons. The summed E-state index contributed by atoms with van der Waals surface area (Å²) in [6.07, 6.45) is 3.03. The highest BCUT2D eigenvalue weighted by atomic mass is 32.1. The number of nitrogens with zero attached hydrogens (tertiary/aromatic N) is 3. The number of hydrogen-bond acceptors (Lipinski definition) is 5. The number of benzene rings is 1. The Labute approximate surface area is 151 Å². The Bertz CT molecular complexity index is 757. The van der Waals surface area contributed by atoms with Gasteiger partial charge < -0.3 is 10.2 Å². The number of rotatable bonds is 6. The number of aromatic nitrogens is 2. The third kappa shape index (κ3) is 4.04. The van der Waals surface area contributed by atoms with Crippen LogP contribution < -0.4 is 10.2 Å². The normalized spacial score (nSPS) is 17.1. The van der Waals surface area contributed by atoms with E-state index in [1.165, 1.54) is 16.9 Å². The second-order valence-corrected chi connectivity index (χ2v) is 7.23. The van der Waals surface area contributed by atoms with E-state index in [0.29, 0.717) is 11.7 Å². The van der Waals surface area contributed by atoms with Crippen molar-refractivity contribution in [2.75, 3.05) is 16.8 Å². The fraction of sp³-hybridized carbons (Fsp3) is 0.444. The molecule has 2 amide bonds. The minimum absolute atomic E-state index is 0.0201. The summed E-state index contributed by atoms with van der Waals surface area (Å²) in [5.74, 6) is -0.551. The summed E-state index contributed by atoms with van der Waals surface area (Å²) in [7, 11) is 0. The average Bonchev–Trinajstić information content (AvgIpc) is 3.22. The topological polar surface area (TPSA) is 75.2 Å². The zero-order chi connectivity index (χ0) is 17.8. The van der Waals surface area contributed by atoms with E-state index in [9.17, 15) is 9.59 Å². The van der Waals surface area contributed by atoms with Gasteiger partial charge in [0.05, 0.1) is 5.92 Å². The molecule has 0 spiro atoms. The third-order valence-electron chi connectivity index (χ3n) is 4.31. The molecule has 0 radical (unpaired) electrons. The molecule has 7 heteroatoms. The van der Waals surface area contributed by atoms with E-state index in [0.717, 1.165) is 30.0 Å². The van der Waals surface area contributed by atoms with Crippen LogP contribution in [0.25, 0.3) is 0 Å². The maximum atomic E-state index is 12.5. The van der Waals surface area contributed by atoms with Gasteiger partial charge in [-0.3, -0.25) is 9.59 Å². The van der Waals surface area contributed by atoms with E-state index in [1.807, 2.05) is 24.3 Å². The molecule has 25 heavy (non-hydrogen) atoms. The fourth-order valence-electron chi connectivity index (χ4n) is 2.87. The lowest BCUT2D eigenvalue weighted by Gasteiger charge is -2.16. The highest BCUT2D eigenvalue weighted by Gasteiger charge is 2.35. The summed E-state index contributed by atoms with van der Waals surface area (Å²) in [5.41, 5.74) is 2.07. The fourth-order valence-corrected chi connectivity index (χ4v) is 3.72. The van der Waals surface area contributed by atoms with Crippen molar-refractivity contribution < 1.29 is 9.59 Å². The molecule has 1 N–H and O–H groups in total. The zero-order valence-corrected chi connectivity index (χ0v) is 15.3. The lowest BCUT2D eigenvalue weighted by molar-refractivity contribution is -0.122. The minimum atomic E-state index is -0.364. The highest BCUT2D eigenvalue weighted by molar-refractivity contribution is 7.15. The molecule has 3 rings (SSSR count). The first-order valence-electron chi connectivity index (χ1n) is 8.63. The third-order valence-corrected chi connectivity index (χ3v) is 5.21. The molecule has 1 fully saturated rings. The number of hydrogen-bond donors (Lipinski definition) is 1. The van der Waals surface area contributed by atoms with E-state index >= 15 is 0 Å². The summed E-state index contributed by atoms with van der Waals surface area (Å²) in [6, 6.07) is 7.93. The van der Waals surface area contributed by atoms with Gasteiger partial charge in [-0.15, -0.1) is 10.2 Å². The molecule has 1 aliphatic rings. The van der Waals surface area contributed by atoms with Gasteiger partial charge >= 0.3 is 0 Å².